The number of hydrogen-bond acceptors (Lipinski definition) is 12. The number of allylic oxidation sites excluding steroid dienone is 12. The number of phosphoric ester groups is 1. The molecule has 0 radical (unpaired) electrons. The summed E-state index contributed by atoms with van der Waals surface area (Å²) in [6, 6.07) is 0. The maximum absolute atomic E-state index is 12.8. The van der Waals surface area contributed by atoms with Crippen LogP contribution in [0.5, 0.6) is 0 Å². The van der Waals surface area contributed by atoms with Gasteiger partial charge in [-0.3, -0.25) is 18.6 Å². The van der Waals surface area contributed by atoms with E-state index < -0.39 is 75.7 Å². The van der Waals surface area contributed by atoms with E-state index in [0.717, 1.165) is 77.0 Å². The largest absolute Gasteiger partial charge is 0.472 e. The van der Waals surface area contributed by atoms with Crippen LogP contribution in [0.4, 0.5) is 0 Å². The van der Waals surface area contributed by atoms with Crippen LogP contribution in [0.25, 0.3) is 0 Å². The zero-order valence-electron chi connectivity index (χ0n) is 35.5. The molecule has 1 aliphatic rings. The molecule has 0 heterocycles. The molecule has 0 aromatic rings. The molecule has 1 saturated carbocycles. The Bertz CT molecular complexity index is 1310. The van der Waals surface area contributed by atoms with Gasteiger partial charge in [-0.2, -0.15) is 0 Å². The maximum atomic E-state index is 12.8. The number of aliphatic hydroxyl groups is 5. The molecule has 0 aliphatic heterocycles. The van der Waals surface area contributed by atoms with Crippen molar-refractivity contribution < 1.29 is 63.1 Å². The van der Waals surface area contributed by atoms with Gasteiger partial charge in [0.15, 0.2) is 6.10 Å². The first-order valence-electron chi connectivity index (χ1n) is 21.8. The van der Waals surface area contributed by atoms with Crippen LogP contribution in [0, 0.1) is 0 Å². The molecule has 0 spiro atoms. The summed E-state index contributed by atoms with van der Waals surface area (Å²) in [6.07, 6.45) is 29.5. The maximum Gasteiger partial charge on any atom is 0.472 e. The summed E-state index contributed by atoms with van der Waals surface area (Å²) in [5.41, 5.74) is 0. The van der Waals surface area contributed by atoms with Gasteiger partial charge in [0, 0.05) is 12.8 Å². The van der Waals surface area contributed by atoms with Gasteiger partial charge >= 0.3 is 19.8 Å². The first kappa shape index (κ1) is 54.3. The Morgan fingerprint density at radius 1 is 0.542 bits per heavy atom. The number of aliphatic hydroxyl groups excluding tert-OH is 5. The van der Waals surface area contributed by atoms with Gasteiger partial charge in [-0.05, 0) is 57.8 Å². The molecular formula is C45H75O13P. The average Bonchev–Trinajstić information content (AvgIpc) is 3.21. The van der Waals surface area contributed by atoms with E-state index in [9.17, 15) is 44.6 Å². The summed E-state index contributed by atoms with van der Waals surface area (Å²) >= 11 is 0. The zero-order valence-corrected chi connectivity index (χ0v) is 36.4. The quantitative estimate of drug-likeness (QED) is 0.0157. The van der Waals surface area contributed by atoms with Gasteiger partial charge < -0.3 is 39.9 Å². The second kappa shape index (κ2) is 34.9. The first-order chi connectivity index (χ1) is 28.4. The molecular weight excluding hydrogens is 779 g/mol. The normalized spacial score (nSPS) is 23.1. The van der Waals surface area contributed by atoms with Gasteiger partial charge in [0.2, 0.25) is 0 Å². The minimum atomic E-state index is -5.13. The number of hydrogen-bond donors (Lipinski definition) is 6. The molecule has 13 nitrogen and oxygen atoms in total. The van der Waals surface area contributed by atoms with E-state index in [0.29, 0.717) is 12.8 Å². The summed E-state index contributed by atoms with van der Waals surface area (Å²) < 4.78 is 33.4. The summed E-state index contributed by atoms with van der Waals surface area (Å²) in [7, 11) is -5.13. The fourth-order valence-electron chi connectivity index (χ4n) is 6.11. The van der Waals surface area contributed by atoms with Crippen LogP contribution in [-0.2, 0) is 32.7 Å². The standard InChI is InChI=1S/C45H75O13P/c1-3-5-7-9-11-13-15-17-19-21-23-25-27-29-31-33-38(46)55-35-37(36-56-59(53,54)58-45-43(51)41(49)40(48)42(50)44(45)52)57-39(47)34-32-30-28-26-24-22-20-18-16-14-12-10-8-6-4-2/h5,7,9,11,13-20,37,40-45,48-52H,3-4,6,8,10,12,21-36H2,1-2H3,(H,53,54)/b7-5+,11-9+,15-13+,16-14+,19-17+,20-18+/t37-,40?,41-,42?,43?,44?,45?/m1/s1. The lowest BCUT2D eigenvalue weighted by Crippen LogP contribution is -2.64. The van der Waals surface area contributed by atoms with Crippen molar-refractivity contribution in [3.63, 3.8) is 0 Å². The van der Waals surface area contributed by atoms with Crippen molar-refractivity contribution in [2.24, 2.45) is 0 Å². The summed E-state index contributed by atoms with van der Waals surface area (Å²) in [5.74, 6) is -1.15. The van der Waals surface area contributed by atoms with Gasteiger partial charge in [-0.15, -0.1) is 0 Å². The third kappa shape index (κ3) is 27.7. The molecule has 14 heteroatoms. The number of ether oxygens (including phenoxy) is 2. The van der Waals surface area contributed by atoms with Gasteiger partial charge in [0.1, 0.15) is 43.2 Å². The fourth-order valence-corrected chi connectivity index (χ4v) is 7.08. The van der Waals surface area contributed by atoms with E-state index in [-0.39, 0.29) is 12.8 Å². The van der Waals surface area contributed by atoms with Gasteiger partial charge in [-0.1, -0.05) is 145 Å². The molecule has 0 bridgehead atoms. The fraction of sp³-hybridized carbons (Fsp3) is 0.689. The van der Waals surface area contributed by atoms with E-state index in [1.54, 1.807) is 0 Å². The van der Waals surface area contributed by atoms with Crippen LogP contribution < -0.4 is 0 Å². The van der Waals surface area contributed by atoms with Crippen LogP contribution in [-0.4, -0.2) is 98.3 Å². The van der Waals surface area contributed by atoms with Crippen molar-refractivity contribution in [1.82, 2.24) is 0 Å². The summed E-state index contributed by atoms with van der Waals surface area (Å²) in [6.45, 7) is 3.08. The molecule has 0 amide bonds. The third-order valence-electron chi connectivity index (χ3n) is 9.65. The molecule has 1 rings (SSSR count). The molecule has 6 N–H and O–H groups in total. The molecule has 8 atom stereocenters. The van der Waals surface area contributed by atoms with Crippen molar-refractivity contribution in [3.8, 4) is 0 Å². The topological polar surface area (TPSA) is 210 Å². The Balaban J connectivity index is 2.53. The Morgan fingerprint density at radius 3 is 1.49 bits per heavy atom. The predicted molar refractivity (Wildman–Crippen MR) is 230 cm³/mol. The second-order valence-electron chi connectivity index (χ2n) is 14.9. The highest BCUT2D eigenvalue weighted by Gasteiger charge is 2.51. The van der Waals surface area contributed by atoms with Crippen molar-refractivity contribution in [3.05, 3.63) is 72.9 Å². The molecule has 1 aliphatic carbocycles. The number of carbonyl (C=O) groups is 2. The van der Waals surface area contributed by atoms with Crippen LogP contribution in [0.1, 0.15) is 142 Å². The minimum absolute atomic E-state index is 0.0695. The highest BCUT2D eigenvalue weighted by atomic mass is 31.2. The monoisotopic (exact) mass is 854 g/mol. The van der Waals surface area contributed by atoms with Gasteiger partial charge in [0.05, 0.1) is 6.61 Å². The van der Waals surface area contributed by atoms with Crippen LogP contribution in [0.15, 0.2) is 72.9 Å². The molecule has 0 aromatic carbocycles. The zero-order chi connectivity index (χ0) is 43.6. The average molecular weight is 855 g/mol. The first-order valence-corrected chi connectivity index (χ1v) is 23.3. The van der Waals surface area contributed by atoms with E-state index >= 15 is 0 Å². The van der Waals surface area contributed by atoms with Crippen LogP contribution in [0.2, 0.25) is 0 Å². The van der Waals surface area contributed by atoms with E-state index in [2.05, 4.69) is 50.3 Å². The van der Waals surface area contributed by atoms with Gasteiger partial charge in [-0.25, -0.2) is 4.57 Å². The Labute approximate surface area is 353 Å². The molecule has 0 saturated heterocycles. The van der Waals surface area contributed by atoms with E-state index in [4.69, 9.17) is 18.5 Å². The van der Waals surface area contributed by atoms with E-state index in [1.165, 1.54) is 25.7 Å². The number of unbranched alkanes of at least 4 members (excludes halogenated alkanes) is 14. The SMILES string of the molecule is CC/C=C/C=C/C=C/C=C/CCCCCCCC(=O)OC[C@H](COP(=O)(O)OC1C(O)C(O)C(O)[C@@H](O)C1O)OC(=O)CCCCCCC/C=C/C=C/CCCCCC. The number of carbonyl (C=O) groups excluding carboxylic acids is 2. The van der Waals surface area contributed by atoms with Crippen molar-refractivity contribution >= 4 is 19.8 Å². The van der Waals surface area contributed by atoms with Crippen LogP contribution >= 0.6 is 7.82 Å². The molecule has 338 valence electrons. The minimum Gasteiger partial charge on any atom is -0.462 e. The summed E-state index contributed by atoms with van der Waals surface area (Å²) in [4.78, 5) is 35.6. The van der Waals surface area contributed by atoms with Crippen LogP contribution in [0.3, 0.4) is 0 Å². The lowest BCUT2D eigenvalue weighted by Gasteiger charge is -2.41. The Kier molecular flexibility index (Phi) is 32.2. The number of esters is 2. The van der Waals surface area contributed by atoms with Crippen molar-refractivity contribution in [1.29, 1.82) is 0 Å². The van der Waals surface area contributed by atoms with Gasteiger partial charge in [0.25, 0.3) is 0 Å². The Morgan fingerprint density at radius 2 is 0.966 bits per heavy atom. The Hall–Kier alpha value is -2.71. The summed E-state index contributed by atoms with van der Waals surface area (Å²) in [5, 5.41) is 50.1. The molecule has 1 fully saturated rings. The molecule has 59 heavy (non-hydrogen) atoms. The third-order valence-corrected chi connectivity index (χ3v) is 10.6. The lowest BCUT2D eigenvalue weighted by atomic mass is 9.85. The predicted octanol–water partition coefficient (Wildman–Crippen LogP) is 7.94. The number of phosphoric acid groups is 1. The van der Waals surface area contributed by atoms with Crippen molar-refractivity contribution in [2.75, 3.05) is 13.2 Å². The highest BCUT2D eigenvalue weighted by Crippen LogP contribution is 2.47. The molecule has 6 unspecified atom stereocenters. The smallest absolute Gasteiger partial charge is 0.462 e. The number of rotatable bonds is 34. The van der Waals surface area contributed by atoms with Crippen molar-refractivity contribution in [2.45, 2.75) is 185 Å². The highest BCUT2D eigenvalue weighted by molar-refractivity contribution is 7.47. The molecule has 0 aromatic heterocycles. The second-order valence-corrected chi connectivity index (χ2v) is 16.3. The lowest BCUT2D eigenvalue weighted by molar-refractivity contribution is -0.220. The van der Waals surface area contributed by atoms with E-state index in [1.807, 2.05) is 36.5 Å².